The zero-order chi connectivity index (χ0) is 23.2. The van der Waals surface area contributed by atoms with Crippen LogP contribution in [0.4, 0.5) is 9.59 Å². The van der Waals surface area contributed by atoms with E-state index in [1.54, 1.807) is 65.8 Å². The quantitative estimate of drug-likeness (QED) is 0.385. The number of hydrogen-bond acceptors (Lipinski definition) is 7. The van der Waals surface area contributed by atoms with Gasteiger partial charge in [-0.2, -0.15) is 0 Å². The second-order valence-electron chi connectivity index (χ2n) is 8.62. The third kappa shape index (κ3) is 8.42. The Morgan fingerprint density at radius 2 is 1.23 bits per heavy atom. The molecule has 0 spiro atoms. The summed E-state index contributed by atoms with van der Waals surface area (Å²) in [5.74, 6) is 0.853. The topological polar surface area (TPSA) is 80.3 Å². The van der Waals surface area contributed by atoms with Gasteiger partial charge in [-0.05, 0) is 71.4 Å². The summed E-state index contributed by atoms with van der Waals surface area (Å²) in [6.07, 6.45) is -0.163. The number of carbonyl (C=O) groups excluding carboxylic acids is 2. The lowest BCUT2D eigenvalue weighted by atomic mass is 10.2. The van der Waals surface area contributed by atoms with E-state index in [-0.39, 0.29) is 11.5 Å². The summed E-state index contributed by atoms with van der Waals surface area (Å²) < 4.78 is 26.7. The van der Waals surface area contributed by atoms with Crippen LogP contribution in [-0.4, -0.2) is 23.5 Å². The van der Waals surface area contributed by atoms with E-state index in [0.29, 0.717) is 11.5 Å². The molecule has 0 radical (unpaired) electrons. The van der Waals surface area contributed by atoms with Crippen molar-refractivity contribution in [2.75, 3.05) is 0 Å². The molecule has 0 aliphatic rings. The average Bonchev–Trinajstić information content (AvgIpc) is 2.61. The van der Waals surface area contributed by atoms with Crippen LogP contribution in [0.3, 0.4) is 0 Å². The van der Waals surface area contributed by atoms with Crippen molar-refractivity contribution in [3.8, 4) is 23.0 Å². The number of ether oxygens (including phenoxy) is 5. The van der Waals surface area contributed by atoms with Crippen LogP contribution in [0, 0.1) is 0 Å². The first kappa shape index (κ1) is 23.8. The molecule has 0 N–H and O–H groups in total. The van der Waals surface area contributed by atoms with E-state index in [4.69, 9.17) is 23.7 Å². The molecule has 7 heteroatoms. The zero-order valence-corrected chi connectivity index (χ0v) is 18.7. The Morgan fingerprint density at radius 3 is 1.71 bits per heavy atom. The maximum absolute atomic E-state index is 12.2. The van der Waals surface area contributed by atoms with Crippen molar-refractivity contribution in [3.05, 3.63) is 54.6 Å². The Hall–Kier alpha value is -3.48. The van der Waals surface area contributed by atoms with Gasteiger partial charge in [-0.1, -0.05) is 24.8 Å². The minimum atomic E-state index is -0.950. The second kappa shape index (κ2) is 9.55. The lowest BCUT2D eigenvalue weighted by Crippen LogP contribution is -2.27. The number of hydrogen-bond donors (Lipinski definition) is 0. The van der Waals surface area contributed by atoms with Crippen molar-refractivity contribution in [3.63, 3.8) is 0 Å². The van der Waals surface area contributed by atoms with Crippen LogP contribution in [0.1, 0.15) is 47.1 Å². The Kier molecular flexibility index (Phi) is 7.33. The lowest BCUT2D eigenvalue weighted by Gasteiger charge is -2.21. The van der Waals surface area contributed by atoms with E-state index >= 15 is 0 Å². The van der Waals surface area contributed by atoms with Gasteiger partial charge in [0.2, 0.25) is 0 Å². The molecule has 0 aliphatic carbocycles. The molecule has 0 fully saturated rings. The molecule has 31 heavy (non-hydrogen) atoms. The van der Waals surface area contributed by atoms with E-state index in [2.05, 4.69) is 6.58 Å². The van der Waals surface area contributed by atoms with E-state index in [1.807, 2.05) is 12.1 Å². The Labute approximate surface area is 182 Å². The Bertz CT molecular complexity index is 932. The summed E-state index contributed by atoms with van der Waals surface area (Å²) in [6.45, 7) is 14.0. The van der Waals surface area contributed by atoms with Gasteiger partial charge in [0.1, 0.15) is 22.7 Å². The first-order valence-corrected chi connectivity index (χ1v) is 9.71. The molecule has 0 aromatic heterocycles. The number of rotatable bonds is 5. The van der Waals surface area contributed by atoms with Crippen LogP contribution in [0.25, 0.3) is 6.08 Å². The molecule has 0 saturated heterocycles. The fourth-order valence-corrected chi connectivity index (χ4v) is 2.25. The highest BCUT2D eigenvalue weighted by molar-refractivity contribution is 5.70. The van der Waals surface area contributed by atoms with Gasteiger partial charge in [0.05, 0.1) is 0 Å². The first-order valence-electron chi connectivity index (χ1n) is 9.71. The van der Waals surface area contributed by atoms with Crippen LogP contribution in [-0.2, 0) is 9.47 Å². The molecule has 2 aromatic rings. The third-order valence-corrected chi connectivity index (χ3v) is 3.43. The van der Waals surface area contributed by atoms with Gasteiger partial charge in [-0.3, -0.25) is 0 Å². The molecule has 0 heterocycles. The van der Waals surface area contributed by atoms with Crippen molar-refractivity contribution < 1.29 is 33.3 Å². The number of benzene rings is 2. The molecule has 2 aromatic carbocycles. The van der Waals surface area contributed by atoms with Crippen molar-refractivity contribution in [2.45, 2.75) is 52.7 Å². The highest BCUT2D eigenvalue weighted by Crippen LogP contribution is 2.35. The summed E-state index contributed by atoms with van der Waals surface area (Å²) in [6, 6.07) is 11.7. The molecule has 0 atom stereocenters. The Balaban J connectivity index is 2.27. The van der Waals surface area contributed by atoms with Crippen LogP contribution in [0.15, 0.2) is 49.0 Å². The minimum absolute atomic E-state index is 0.0190. The fraction of sp³-hybridized carbons (Fsp3) is 0.333. The van der Waals surface area contributed by atoms with E-state index in [0.717, 1.165) is 5.56 Å². The van der Waals surface area contributed by atoms with Crippen molar-refractivity contribution >= 4 is 18.4 Å². The number of carbonyl (C=O) groups is 2. The maximum atomic E-state index is 12.2. The van der Waals surface area contributed by atoms with Gasteiger partial charge < -0.3 is 23.7 Å². The molecule has 0 saturated carbocycles. The van der Waals surface area contributed by atoms with Gasteiger partial charge >= 0.3 is 12.3 Å². The molecule has 0 aliphatic heterocycles. The predicted molar refractivity (Wildman–Crippen MR) is 117 cm³/mol. The molecule has 0 unspecified atom stereocenters. The summed E-state index contributed by atoms with van der Waals surface area (Å²) in [5.41, 5.74) is -0.559. The summed E-state index contributed by atoms with van der Waals surface area (Å²) >= 11 is 0. The standard InChI is InChI=1S/C24H28O7/c1-8-16-9-11-17(12-10-16)27-18-13-14-19(28-21(25)30-23(2,3)4)20(15-18)29-22(26)31-24(5,6)7/h8-15H,1H2,2-7H3. The zero-order valence-electron chi connectivity index (χ0n) is 18.7. The normalized spacial score (nSPS) is 11.3. The van der Waals surface area contributed by atoms with Crippen LogP contribution >= 0.6 is 0 Å². The first-order chi connectivity index (χ1) is 14.3. The van der Waals surface area contributed by atoms with Crippen molar-refractivity contribution in [2.24, 2.45) is 0 Å². The molecular formula is C24H28O7. The highest BCUT2D eigenvalue weighted by atomic mass is 16.8. The van der Waals surface area contributed by atoms with Crippen molar-refractivity contribution in [1.29, 1.82) is 0 Å². The maximum Gasteiger partial charge on any atom is 0.514 e. The largest absolute Gasteiger partial charge is 0.514 e. The van der Waals surface area contributed by atoms with E-state index in [9.17, 15) is 9.59 Å². The van der Waals surface area contributed by atoms with Gasteiger partial charge in [0.25, 0.3) is 0 Å². The highest BCUT2D eigenvalue weighted by Gasteiger charge is 2.23. The van der Waals surface area contributed by atoms with Crippen LogP contribution in [0.2, 0.25) is 0 Å². The lowest BCUT2D eigenvalue weighted by molar-refractivity contribution is 0.0137. The van der Waals surface area contributed by atoms with Crippen LogP contribution < -0.4 is 14.2 Å². The SMILES string of the molecule is C=Cc1ccc(Oc2ccc(OC(=O)OC(C)(C)C)c(OC(=O)OC(C)(C)C)c2)cc1. The second-order valence-corrected chi connectivity index (χ2v) is 8.62. The summed E-state index contributed by atoms with van der Waals surface area (Å²) in [7, 11) is 0. The van der Waals surface area contributed by atoms with Crippen LogP contribution in [0.5, 0.6) is 23.0 Å². The molecular weight excluding hydrogens is 400 g/mol. The smallest absolute Gasteiger partial charge is 0.457 e. The summed E-state index contributed by atoms with van der Waals surface area (Å²) in [4.78, 5) is 24.2. The Morgan fingerprint density at radius 1 is 0.742 bits per heavy atom. The van der Waals surface area contributed by atoms with Gasteiger partial charge in [0.15, 0.2) is 11.5 Å². The molecule has 0 amide bonds. The molecule has 0 bridgehead atoms. The minimum Gasteiger partial charge on any atom is -0.457 e. The fourth-order valence-electron chi connectivity index (χ4n) is 2.25. The molecule has 7 nitrogen and oxygen atoms in total. The monoisotopic (exact) mass is 428 g/mol. The van der Waals surface area contributed by atoms with Gasteiger partial charge in [0, 0.05) is 6.07 Å². The molecule has 2 rings (SSSR count). The van der Waals surface area contributed by atoms with Gasteiger partial charge in [-0.15, -0.1) is 0 Å². The van der Waals surface area contributed by atoms with E-state index < -0.39 is 23.5 Å². The third-order valence-electron chi connectivity index (χ3n) is 3.43. The van der Waals surface area contributed by atoms with Crippen molar-refractivity contribution in [1.82, 2.24) is 0 Å². The van der Waals surface area contributed by atoms with Gasteiger partial charge in [-0.25, -0.2) is 9.59 Å². The predicted octanol–water partition coefficient (Wildman–Crippen LogP) is 6.75. The molecule has 166 valence electrons. The van der Waals surface area contributed by atoms with E-state index in [1.165, 1.54) is 12.1 Å². The average molecular weight is 428 g/mol. The summed E-state index contributed by atoms with van der Waals surface area (Å²) in [5, 5.41) is 0.